The van der Waals surface area contributed by atoms with E-state index in [4.69, 9.17) is 5.73 Å². The largest absolute Gasteiger partial charge is 2.00 e. The molecule has 0 fully saturated rings. The van der Waals surface area contributed by atoms with Gasteiger partial charge in [0.25, 0.3) is 0 Å². The van der Waals surface area contributed by atoms with Crippen molar-refractivity contribution in [3.05, 3.63) is 40.8 Å². The van der Waals surface area contributed by atoms with Crippen LogP contribution in [0.1, 0.15) is 87.6 Å². The average molecular weight is 676 g/mol. The number of ketones is 1. The number of benzene rings is 1. The molecule has 1 atom stereocenters. The fourth-order valence-electron chi connectivity index (χ4n) is 1.95. The van der Waals surface area contributed by atoms with Gasteiger partial charge < -0.3 is 16.4 Å². The molecule has 1 aromatic carbocycles. The Bertz CT molecular complexity index is 631. The average Bonchev–Trinajstić information content (AvgIpc) is 2.72. The quantitative estimate of drug-likeness (QED) is 0.174. The normalized spacial score (nSPS) is 10.0. The van der Waals surface area contributed by atoms with Crippen LogP contribution < -0.4 is 5.73 Å². The summed E-state index contributed by atoms with van der Waals surface area (Å²) in [6.07, 6.45) is 5.78. The summed E-state index contributed by atoms with van der Waals surface area (Å²) >= 11 is 3.53. The number of carbonyl (C=O) groups excluding carboxylic acids is 4. The van der Waals surface area contributed by atoms with E-state index in [0.717, 1.165) is 23.8 Å². The van der Waals surface area contributed by atoms with Crippen LogP contribution in [0, 0.1) is 48.9 Å². The van der Waals surface area contributed by atoms with Gasteiger partial charge >= 0.3 is 31.1 Å². The van der Waals surface area contributed by atoms with E-state index >= 15 is 0 Å². The minimum Gasteiger partial charge on any atom is -0.542 e. The van der Waals surface area contributed by atoms with Gasteiger partial charge in [-0.25, -0.2) is 0 Å². The Kier molecular flexibility index (Phi) is 28.7. The fourth-order valence-corrected chi connectivity index (χ4v) is 1.95. The topological polar surface area (TPSA) is 94.3 Å². The van der Waals surface area contributed by atoms with Gasteiger partial charge in [-0.1, -0.05) is 46.2 Å². The Hall–Kier alpha value is -0.898. The van der Waals surface area contributed by atoms with Crippen molar-refractivity contribution < 1.29 is 50.3 Å². The summed E-state index contributed by atoms with van der Waals surface area (Å²) in [5.41, 5.74) is 7.24. The van der Waals surface area contributed by atoms with Crippen LogP contribution in [-0.4, -0.2) is 30.5 Å². The molecular formula is C24H39NO4SU. The van der Waals surface area contributed by atoms with Gasteiger partial charge in [-0.15, -0.1) is 0 Å². The SMILES string of the molecule is CC(CC[C-]=O)C(N)=O.CCc1cc(C=O)ccc1C(=O)C(C)C.CS.C[C-](C)C.[U+2]. The van der Waals surface area contributed by atoms with Crippen molar-refractivity contribution in [1.82, 2.24) is 0 Å². The maximum absolute atomic E-state index is 11.8. The molecule has 0 aromatic heterocycles. The molecule has 1 rings (SSSR count). The van der Waals surface area contributed by atoms with Crippen molar-refractivity contribution in [2.24, 2.45) is 17.6 Å². The van der Waals surface area contributed by atoms with Gasteiger partial charge in [0, 0.05) is 23.0 Å². The molecule has 174 valence electrons. The Morgan fingerprint density at radius 1 is 1.16 bits per heavy atom. The summed E-state index contributed by atoms with van der Waals surface area (Å²) in [6, 6.07) is 5.25. The summed E-state index contributed by atoms with van der Waals surface area (Å²) < 4.78 is 0. The summed E-state index contributed by atoms with van der Waals surface area (Å²) in [4.78, 5) is 42.4. The number of hydrogen-bond donors (Lipinski definition) is 2. The van der Waals surface area contributed by atoms with Crippen molar-refractivity contribution in [3.63, 3.8) is 0 Å². The first-order valence-electron chi connectivity index (χ1n) is 9.99. The number of aryl methyl sites for hydroxylation is 1. The van der Waals surface area contributed by atoms with E-state index in [2.05, 4.69) is 33.4 Å². The van der Waals surface area contributed by atoms with Crippen LogP contribution in [0.15, 0.2) is 18.2 Å². The van der Waals surface area contributed by atoms with Crippen LogP contribution in [0.3, 0.4) is 0 Å². The van der Waals surface area contributed by atoms with Crippen LogP contribution in [-0.2, 0) is 16.0 Å². The number of Topliss-reactive ketones (excluding diaryl/α,β-unsaturated/α-hetero) is 1. The molecular weight excluding hydrogens is 636 g/mol. The van der Waals surface area contributed by atoms with Crippen molar-refractivity contribution in [2.45, 2.75) is 67.7 Å². The third kappa shape index (κ3) is 20.7. The Morgan fingerprint density at radius 3 is 1.97 bits per heavy atom. The van der Waals surface area contributed by atoms with Gasteiger partial charge in [0.1, 0.15) is 6.29 Å². The molecule has 0 aliphatic rings. The van der Waals surface area contributed by atoms with Crippen LogP contribution in [0.5, 0.6) is 0 Å². The van der Waals surface area contributed by atoms with Gasteiger partial charge in [-0.2, -0.15) is 39.8 Å². The molecule has 0 bridgehead atoms. The molecule has 2 N–H and O–H groups in total. The van der Waals surface area contributed by atoms with E-state index < -0.39 is 0 Å². The van der Waals surface area contributed by atoms with Gasteiger partial charge in [0.15, 0.2) is 5.78 Å². The molecule has 0 heterocycles. The molecule has 0 radical (unpaired) electrons. The Balaban J connectivity index is -0.000000195. The molecule has 0 aliphatic carbocycles. The van der Waals surface area contributed by atoms with Crippen LogP contribution in [0.25, 0.3) is 0 Å². The second kappa shape index (κ2) is 23.8. The van der Waals surface area contributed by atoms with E-state index in [1.807, 2.05) is 20.8 Å². The number of amides is 1. The van der Waals surface area contributed by atoms with E-state index in [-0.39, 0.29) is 54.6 Å². The molecule has 1 amide bonds. The molecule has 1 aromatic rings. The van der Waals surface area contributed by atoms with Gasteiger partial charge in [0.2, 0.25) is 5.91 Å². The molecule has 1 unspecified atom stereocenters. The zero-order valence-electron chi connectivity index (χ0n) is 20.2. The van der Waals surface area contributed by atoms with Crippen molar-refractivity contribution in [2.75, 3.05) is 6.26 Å². The van der Waals surface area contributed by atoms with E-state index in [0.29, 0.717) is 18.4 Å². The maximum Gasteiger partial charge on any atom is 2.00 e. The molecule has 0 aliphatic heterocycles. The minimum atomic E-state index is -0.356. The Morgan fingerprint density at radius 2 is 1.65 bits per heavy atom. The van der Waals surface area contributed by atoms with E-state index in [1.165, 1.54) is 5.92 Å². The monoisotopic (exact) mass is 675 g/mol. The first kappa shape index (κ1) is 37.4. The predicted molar refractivity (Wildman–Crippen MR) is 129 cm³/mol. The summed E-state index contributed by atoms with van der Waals surface area (Å²) in [6.45, 7) is 13.7. The fraction of sp³-hybridized carbons (Fsp3) is 0.542. The zero-order chi connectivity index (χ0) is 24.3. The number of carbonyl (C=O) groups is 3. The molecule has 31 heavy (non-hydrogen) atoms. The van der Waals surface area contributed by atoms with Crippen molar-refractivity contribution >= 4 is 36.9 Å². The third-order valence-corrected chi connectivity index (χ3v) is 3.60. The number of nitrogens with two attached hydrogens (primary N) is 1. The van der Waals surface area contributed by atoms with Gasteiger partial charge in [-0.05, 0) is 24.3 Å². The van der Waals surface area contributed by atoms with E-state index in [9.17, 15) is 19.2 Å². The number of primary amides is 1. The smallest absolute Gasteiger partial charge is 0.542 e. The molecule has 0 saturated heterocycles. The van der Waals surface area contributed by atoms with Crippen LogP contribution in [0.2, 0.25) is 0 Å². The number of aldehydes is 1. The number of thiol groups is 1. The first-order chi connectivity index (χ1) is 14.0. The van der Waals surface area contributed by atoms with Crippen molar-refractivity contribution in [1.29, 1.82) is 0 Å². The number of rotatable bonds is 8. The van der Waals surface area contributed by atoms with Gasteiger partial charge in [-0.3, -0.25) is 20.7 Å². The van der Waals surface area contributed by atoms with Crippen LogP contribution >= 0.6 is 12.6 Å². The molecule has 0 spiro atoms. The zero-order valence-corrected chi connectivity index (χ0v) is 25.3. The Labute approximate surface area is 218 Å². The summed E-state index contributed by atoms with van der Waals surface area (Å²) in [5.74, 6) is 0.999. The second-order valence-corrected chi connectivity index (χ2v) is 7.39. The molecule has 5 nitrogen and oxygen atoms in total. The third-order valence-electron chi connectivity index (χ3n) is 3.60. The van der Waals surface area contributed by atoms with Gasteiger partial charge in [0.05, 0.1) is 0 Å². The second-order valence-electron chi connectivity index (χ2n) is 7.39. The maximum atomic E-state index is 11.8. The minimum absolute atomic E-state index is 0. The summed E-state index contributed by atoms with van der Waals surface area (Å²) in [5, 5.41) is 0. The molecule has 7 heteroatoms. The number of hydrogen-bond acceptors (Lipinski definition) is 5. The first-order valence-corrected chi connectivity index (χ1v) is 10.9. The predicted octanol–water partition coefficient (Wildman–Crippen LogP) is 5.06. The van der Waals surface area contributed by atoms with E-state index in [1.54, 1.807) is 37.7 Å². The summed E-state index contributed by atoms with van der Waals surface area (Å²) in [7, 11) is 0. The van der Waals surface area contributed by atoms with Crippen molar-refractivity contribution in [3.8, 4) is 0 Å². The molecule has 0 saturated carbocycles. The van der Waals surface area contributed by atoms with Crippen LogP contribution in [0.4, 0.5) is 0 Å². The standard InChI is InChI=1S/C13H16O2.C6H10NO2.C4H9.CH4S.U/c1-4-11-7-10(8-14)5-6-12(11)13(15)9(2)3;1-5(6(7)9)3-2-4-8;1-4(2)3;1-2;/h5-9H,4H2,1-3H3;5H,2-3H2,1H3,(H2,7,9);1-3H3;2H,1H3;/q;2*-1;;+2.